The summed E-state index contributed by atoms with van der Waals surface area (Å²) in [5.74, 6) is 0.538. The Labute approximate surface area is 205 Å². The highest BCUT2D eigenvalue weighted by atomic mass is 16.1. The second-order valence-electron chi connectivity index (χ2n) is 8.91. The zero-order chi connectivity index (χ0) is 23.9. The fourth-order valence-corrected chi connectivity index (χ4v) is 4.48. The number of hydrogen-bond acceptors (Lipinski definition) is 6. The molecule has 0 bridgehead atoms. The van der Waals surface area contributed by atoms with E-state index in [2.05, 4.69) is 42.6 Å². The van der Waals surface area contributed by atoms with Gasteiger partial charge in [-0.15, -0.1) is 0 Å². The van der Waals surface area contributed by atoms with Crippen molar-refractivity contribution in [2.24, 2.45) is 0 Å². The minimum absolute atomic E-state index is 0.159. The molecule has 180 valence electrons. The van der Waals surface area contributed by atoms with Crippen LogP contribution in [0.2, 0.25) is 0 Å². The predicted octanol–water partition coefficient (Wildman–Crippen LogP) is 3.89. The molecule has 1 aromatic carbocycles. The number of carbonyl (C=O) groups is 1. The van der Waals surface area contributed by atoms with Gasteiger partial charge in [0.1, 0.15) is 11.3 Å². The quantitative estimate of drug-likeness (QED) is 0.305. The summed E-state index contributed by atoms with van der Waals surface area (Å²) in [5, 5.41) is 6.48. The molecule has 3 aromatic heterocycles. The topological polar surface area (TPSA) is 98.8 Å². The maximum Gasteiger partial charge on any atom is 0.253 e. The second kappa shape index (κ2) is 11.1. The number of hydrogen-bond donors (Lipinski definition) is 3. The van der Waals surface area contributed by atoms with Crippen molar-refractivity contribution < 1.29 is 4.79 Å². The maximum absolute atomic E-state index is 12.8. The summed E-state index contributed by atoms with van der Waals surface area (Å²) in [6.45, 7) is 5.14. The highest BCUT2D eigenvalue weighted by molar-refractivity contribution is 6.04. The molecule has 8 heteroatoms. The Hall–Kier alpha value is -3.78. The molecule has 35 heavy (non-hydrogen) atoms. The standard InChI is InChI=1S/C27H31N7O/c35-27(31-14-10-20-5-3-12-28-19-20)23-11-15-30-26-24(23)32-25(33-26)21-6-8-22(9-7-21)29-13-4-18-34-16-1-2-17-34/h3,5-9,11-12,15,19,29H,1-2,4,10,13-14,16-18H2,(H,31,35)(H,30,32,33). The fraction of sp³-hybridized carbons (Fsp3) is 0.333. The van der Waals surface area contributed by atoms with Crippen molar-refractivity contribution in [3.8, 4) is 11.4 Å². The van der Waals surface area contributed by atoms with Gasteiger partial charge < -0.3 is 20.5 Å². The summed E-state index contributed by atoms with van der Waals surface area (Å²) < 4.78 is 0. The molecular formula is C27H31N7O. The number of fused-ring (bicyclic) bond motifs is 1. The number of nitrogens with zero attached hydrogens (tertiary/aromatic N) is 4. The van der Waals surface area contributed by atoms with E-state index in [0.29, 0.717) is 29.1 Å². The molecule has 0 atom stereocenters. The van der Waals surface area contributed by atoms with Crippen LogP contribution in [-0.2, 0) is 6.42 Å². The summed E-state index contributed by atoms with van der Waals surface area (Å²) in [4.78, 5) is 31.8. The Balaban J connectivity index is 1.19. The van der Waals surface area contributed by atoms with Gasteiger partial charge in [-0.1, -0.05) is 6.07 Å². The van der Waals surface area contributed by atoms with Gasteiger partial charge in [0.2, 0.25) is 0 Å². The number of pyridine rings is 2. The molecule has 0 aliphatic carbocycles. The number of benzene rings is 1. The van der Waals surface area contributed by atoms with Gasteiger partial charge in [-0.25, -0.2) is 9.97 Å². The van der Waals surface area contributed by atoms with Crippen LogP contribution >= 0.6 is 0 Å². The maximum atomic E-state index is 12.8. The van der Waals surface area contributed by atoms with Gasteiger partial charge in [0.25, 0.3) is 5.91 Å². The monoisotopic (exact) mass is 469 g/mol. The number of likely N-dealkylation sites (tertiary alicyclic amines) is 1. The van der Waals surface area contributed by atoms with Gasteiger partial charge in [-0.3, -0.25) is 9.78 Å². The Morgan fingerprint density at radius 3 is 2.69 bits per heavy atom. The Kier molecular flexibility index (Phi) is 7.29. The van der Waals surface area contributed by atoms with Crippen molar-refractivity contribution in [1.29, 1.82) is 0 Å². The Morgan fingerprint density at radius 1 is 1.03 bits per heavy atom. The first-order valence-electron chi connectivity index (χ1n) is 12.3. The van der Waals surface area contributed by atoms with Gasteiger partial charge in [-0.2, -0.15) is 0 Å². The van der Waals surface area contributed by atoms with Crippen LogP contribution in [0.15, 0.2) is 61.1 Å². The molecule has 8 nitrogen and oxygen atoms in total. The third-order valence-corrected chi connectivity index (χ3v) is 6.39. The number of amides is 1. The van der Waals surface area contributed by atoms with E-state index in [1.54, 1.807) is 18.5 Å². The molecule has 4 aromatic rings. The van der Waals surface area contributed by atoms with Gasteiger partial charge >= 0.3 is 0 Å². The molecule has 1 saturated heterocycles. The van der Waals surface area contributed by atoms with E-state index in [1.807, 2.05) is 30.5 Å². The van der Waals surface area contributed by atoms with Gasteiger partial charge in [-0.05, 0) is 87.3 Å². The first-order valence-corrected chi connectivity index (χ1v) is 12.3. The normalized spacial score (nSPS) is 13.8. The summed E-state index contributed by atoms with van der Waals surface area (Å²) in [5.41, 5.74) is 4.82. The van der Waals surface area contributed by atoms with Crippen molar-refractivity contribution in [2.75, 3.05) is 38.0 Å². The number of imidazole rings is 1. The van der Waals surface area contributed by atoms with Crippen LogP contribution in [0.3, 0.4) is 0 Å². The SMILES string of the molecule is O=C(NCCc1cccnc1)c1ccnc2[nH]c(-c3ccc(NCCCN4CCCC4)cc3)nc12. The van der Waals surface area contributed by atoms with Crippen LogP contribution in [0.1, 0.15) is 35.2 Å². The first kappa shape index (κ1) is 23.0. The van der Waals surface area contributed by atoms with E-state index in [4.69, 9.17) is 4.98 Å². The third-order valence-electron chi connectivity index (χ3n) is 6.39. The van der Waals surface area contributed by atoms with Crippen molar-refractivity contribution in [2.45, 2.75) is 25.7 Å². The third kappa shape index (κ3) is 5.84. The summed E-state index contributed by atoms with van der Waals surface area (Å²) in [6.07, 6.45) is 9.73. The van der Waals surface area contributed by atoms with Crippen molar-refractivity contribution in [3.05, 3.63) is 72.2 Å². The zero-order valence-corrected chi connectivity index (χ0v) is 19.8. The molecule has 0 spiro atoms. The Bertz CT molecular complexity index is 1250. The number of aromatic nitrogens is 4. The fourth-order valence-electron chi connectivity index (χ4n) is 4.48. The minimum atomic E-state index is -0.159. The molecule has 0 saturated carbocycles. The number of rotatable bonds is 10. The summed E-state index contributed by atoms with van der Waals surface area (Å²) in [6, 6.07) is 13.8. The summed E-state index contributed by atoms with van der Waals surface area (Å²) in [7, 11) is 0. The van der Waals surface area contributed by atoms with E-state index in [9.17, 15) is 4.79 Å². The first-order chi connectivity index (χ1) is 17.3. The zero-order valence-electron chi connectivity index (χ0n) is 19.8. The lowest BCUT2D eigenvalue weighted by molar-refractivity contribution is 0.0955. The molecule has 1 aliphatic rings. The highest BCUT2D eigenvalue weighted by Crippen LogP contribution is 2.23. The molecule has 5 rings (SSSR count). The number of anilines is 1. The smallest absolute Gasteiger partial charge is 0.253 e. The minimum Gasteiger partial charge on any atom is -0.385 e. The van der Waals surface area contributed by atoms with E-state index in [0.717, 1.165) is 42.7 Å². The lowest BCUT2D eigenvalue weighted by atomic mass is 10.2. The van der Waals surface area contributed by atoms with Crippen molar-refractivity contribution >= 4 is 22.8 Å². The van der Waals surface area contributed by atoms with Crippen LogP contribution in [0.25, 0.3) is 22.6 Å². The Morgan fingerprint density at radius 2 is 1.89 bits per heavy atom. The largest absolute Gasteiger partial charge is 0.385 e. The molecule has 0 unspecified atom stereocenters. The number of H-pyrrole nitrogens is 1. The molecule has 1 fully saturated rings. The second-order valence-corrected chi connectivity index (χ2v) is 8.91. The molecule has 1 amide bonds. The lowest BCUT2D eigenvalue weighted by Crippen LogP contribution is -2.26. The average molecular weight is 470 g/mol. The lowest BCUT2D eigenvalue weighted by Gasteiger charge is -2.14. The van der Waals surface area contributed by atoms with Gasteiger partial charge in [0.15, 0.2) is 5.65 Å². The molecule has 4 heterocycles. The van der Waals surface area contributed by atoms with E-state index < -0.39 is 0 Å². The molecule has 0 radical (unpaired) electrons. The number of aromatic amines is 1. The van der Waals surface area contributed by atoms with Gasteiger partial charge in [0, 0.05) is 42.9 Å². The van der Waals surface area contributed by atoms with Crippen molar-refractivity contribution in [1.82, 2.24) is 30.2 Å². The van der Waals surface area contributed by atoms with E-state index in [1.165, 1.54) is 25.9 Å². The van der Waals surface area contributed by atoms with Crippen LogP contribution in [0, 0.1) is 0 Å². The molecular weight excluding hydrogens is 438 g/mol. The number of carbonyl (C=O) groups excluding carboxylic acids is 1. The predicted molar refractivity (Wildman–Crippen MR) is 138 cm³/mol. The van der Waals surface area contributed by atoms with Crippen LogP contribution in [0.5, 0.6) is 0 Å². The van der Waals surface area contributed by atoms with E-state index >= 15 is 0 Å². The van der Waals surface area contributed by atoms with Gasteiger partial charge in [0.05, 0.1) is 5.56 Å². The van der Waals surface area contributed by atoms with Crippen LogP contribution < -0.4 is 10.6 Å². The summed E-state index contributed by atoms with van der Waals surface area (Å²) >= 11 is 0. The number of nitrogens with one attached hydrogen (secondary N) is 3. The molecule has 1 aliphatic heterocycles. The molecule has 3 N–H and O–H groups in total. The highest BCUT2D eigenvalue weighted by Gasteiger charge is 2.15. The van der Waals surface area contributed by atoms with Crippen molar-refractivity contribution in [3.63, 3.8) is 0 Å². The van der Waals surface area contributed by atoms with Crippen LogP contribution in [-0.4, -0.2) is 63.5 Å². The van der Waals surface area contributed by atoms with Crippen LogP contribution in [0.4, 0.5) is 5.69 Å². The van der Waals surface area contributed by atoms with E-state index in [-0.39, 0.29) is 5.91 Å². The average Bonchev–Trinajstić information content (AvgIpc) is 3.57.